The van der Waals surface area contributed by atoms with Gasteiger partial charge in [-0.2, -0.15) is 0 Å². The third-order valence-electron chi connectivity index (χ3n) is 4.91. The molecule has 1 heterocycles. The Morgan fingerprint density at radius 2 is 2.00 bits per heavy atom. The van der Waals surface area contributed by atoms with E-state index in [1.54, 1.807) is 0 Å². The highest BCUT2D eigenvalue weighted by molar-refractivity contribution is 6.09. The number of fused-ring (bicyclic) bond motifs is 1. The molecular formula is C20H25NO3. The van der Waals surface area contributed by atoms with Crippen LogP contribution in [0.1, 0.15) is 44.6 Å². The second-order valence-corrected chi connectivity index (χ2v) is 6.58. The molecule has 3 rings (SSSR count). The molecule has 1 aliphatic carbocycles. The van der Waals surface area contributed by atoms with Crippen LogP contribution in [0.25, 0.3) is 16.5 Å². The van der Waals surface area contributed by atoms with Crippen LogP contribution < -0.4 is 0 Å². The van der Waals surface area contributed by atoms with Crippen molar-refractivity contribution in [3.05, 3.63) is 41.8 Å². The Hall–Kier alpha value is -2.07. The van der Waals surface area contributed by atoms with Crippen molar-refractivity contribution in [3.63, 3.8) is 0 Å². The first-order valence-corrected chi connectivity index (χ1v) is 8.82. The summed E-state index contributed by atoms with van der Waals surface area (Å²) >= 11 is 0. The first-order chi connectivity index (χ1) is 11.7. The van der Waals surface area contributed by atoms with Crippen LogP contribution in [0, 0.1) is 5.92 Å². The summed E-state index contributed by atoms with van der Waals surface area (Å²) < 4.78 is 2.21. The number of aromatic nitrogens is 1. The van der Waals surface area contributed by atoms with E-state index in [4.69, 9.17) is 0 Å². The number of unbranched alkanes of at least 4 members (excludes halogenated alkanes) is 3. The van der Waals surface area contributed by atoms with E-state index in [2.05, 4.69) is 17.6 Å². The van der Waals surface area contributed by atoms with Gasteiger partial charge in [-0.25, -0.2) is 0 Å². The van der Waals surface area contributed by atoms with Crippen molar-refractivity contribution in [3.8, 4) is 0 Å². The molecule has 128 valence electrons. The van der Waals surface area contributed by atoms with Crippen molar-refractivity contribution in [2.24, 2.45) is 5.92 Å². The molecule has 1 aromatic heterocycles. The Morgan fingerprint density at radius 1 is 1.21 bits per heavy atom. The monoisotopic (exact) mass is 327 g/mol. The van der Waals surface area contributed by atoms with Gasteiger partial charge in [0.15, 0.2) is 11.5 Å². The summed E-state index contributed by atoms with van der Waals surface area (Å²) in [6, 6.07) is 8.06. The summed E-state index contributed by atoms with van der Waals surface area (Å²) in [5.41, 5.74) is 2.59. The molecule has 0 bridgehead atoms. The van der Waals surface area contributed by atoms with Crippen LogP contribution in [0.4, 0.5) is 0 Å². The molecule has 0 radical (unpaired) electrons. The van der Waals surface area contributed by atoms with E-state index in [0.717, 1.165) is 29.4 Å². The van der Waals surface area contributed by atoms with Crippen LogP contribution in [-0.4, -0.2) is 27.2 Å². The molecule has 1 unspecified atom stereocenters. The predicted octanol–water partition coefficient (Wildman–Crippen LogP) is 4.07. The molecule has 0 saturated carbocycles. The lowest BCUT2D eigenvalue weighted by Gasteiger charge is -2.10. The van der Waals surface area contributed by atoms with Crippen LogP contribution in [0.15, 0.2) is 36.2 Å². The smallest absolute Gasteiger partial charge is 0.198 e. The lowest BCUT2D eigenvalue weighted by molar-refractivity contribution is -0.117. The predicted molar refractivity (Wildman–Crippen MR) is 95.8 cm³/mol. The lowest BCUT2D eigenvalue weighted by atomic mass is 9.95. The molecule has 1 aromatic carbocycles. The van der Waals surface area contributed by atoms with Gasteiger partial charge in [-0.3, -0.25) is 4.79 Å². The molecule has 24 heavy (non-hydrogen) atoms. The summed E-state index contributed by atoms with van der Waals surface area (Å²) in [5, 5.41) is 20.9. The van der Waals surface area contributed by atoms with Crippen molar-refractivity contribution in [1.29, 1.82) is 0 Å². The number of carbonyl (C=O) groups excluding carboxylic acids is 1. The van der Waals surface area contributed by atoms with E-state index in [-0.39, 0.29) is 30.5 Å². The van der Waals surface area contributed by atoms with Crippen LogP contribution in [-0.2, 0) is 11.3 Å². The largest absolute Gasteiger partial charge is 0.504 e. The second-order valence-electron chi connectivity index (χ2n) is 6.58. The number of nitrogens with zero attached hydrogens (tertiary/aromatic N) is 1. The van der Waals surface area contributed by atoms with E-state index < -0.39 is 0 Å². The van der Waals surface area contributed by atoms with E-state index in [1.165, 1.54) is 19.3 Å². The van der Waals surface area contributed by atoms with Gasteiger partial charge in [0.2, 0.25) is 0 Å². The Bertz CT molecular complexity index is 772. The third kappa shape index (κ3) is 2.98. The van der Waals surface area contributed by atoms with Crippen LogP contribution in [0.3, 0.4) is 0 Å². The summed E-state index contributed by atoms with van der Waals surface area (Å²) in [6.45, 7) is 3.00. The molecule has 4 heteroatoms. The molecule has 1 atom stereocenters. The zero-order chi connectivity index (χ0) is 17.1. The number of para-hydroxylation sites is 1. The van der Waals surface area contributed by atoms with Crippen LogP contribution in [0.5, 0.6) is 0 Å². The fourth-order valence-corrected chi connectivity index (χ4v) is 3.62. The molecule has 0 fully saturated rings. The van der Waals surface area contributed by atoms with Gasteiger partial charge in [-0.15, -0.1) is 0 Å². The number of aliphatic hydroxyl groups excluding tert-OH is 2. The topological polar surface area (TPSA) is 62.5 Å². The summed E-state index contributed by atoms with van der Waals surface area (Å²) in [6.07, 6.45) is 6.97. The number of hydrogen-bond donors (Lipinski definition) is 2. The molecule has 0 amide bonds. The van der Waals surface area contributed by atoms with Gasteiger partial charge < -0.3 is 14.8 Å². The van der Waals surface area contributed by atoms with Gasteiger partial charge in [-0.1, -0.05) is 44.4 Å². The molecule has 4 nitrogen and oxygen atoms in total. The Labute approximate surface area is 142 Å². The van der Waals surface area contributed by atoms with Crippen LogP contribution in [0.2, 0.25) is 0 Å². The number of rotatable bonds is 7. The second kappa shape index (κ2) is 7.22. The SMILES string of the molecule is CCCCCCn1cc(C2=C(O)C(=O)CC2CO)c2ccccc21. The number of aliphatic hydroxyl groups is 2. The number of benzene rings is 1. The number of carbonyl (C=O) groups is 1. The molecule has 0 saturated heterocycles. The minimum atomic E-state index is -0.308. The minimum absolute atomic E-state index is 0.124. The highest BCUT2D eigenvalue weighted by atomic mass is 16.3. The number of allylic oxidation sites excluding steroid dienone is 1. The van der Waals surface area contributed by atoms with E-state index in [0.29, 0.717) is 5.57 Å². The van der Waals surface area contributed by atoms with Crippen molar-refractivity contribution >= 4 is 22.3 Å². The summed E-state index contributed by atoms with van der Waals surface area (Å²) in [5.74, 6) is -0.761. The molecular weight excluding hydrogens is 302 g/mol. The molecule has 2 N–H and O–H groups in total. The zero-order valence-electron chi connectivity index (χ0n) is 14.2. The standard InChI is InChI=1S/C20H25NO3/c1-2-3-4-7-10-21-12-16(15-8-5-6-9-17(15)21)19-14(13-22)11-18(23)20(19)24/h5-6,8-9,12,14,22,24H,2-4,7,10-11,13H2,1H3. The summed E-state index contributed by atoms with van der Waals surface area (Å²) in [4.78, 5) is 11.9. The van der Waals surface area contributed by atoms with Crippen LogP contribution >= 0.6 is 0 Å². The van der Waals surface area contributed by atoms with Crippen molar-refractivity contribution < 1.29 is 15.0 Å². The first kappa shape index (κ1) is 16.8. The third-order valence-corrected chi connectivity index (χ3v) is 4.91. The molecule has 0 aliphatic heterocycles. The normalized spacial score (nSPS) is 18.1. The maximum atomic E-state index is 11.9. The Kier molecular flexibility index (Phi) is 5.05. The van der Waals surface area contributed by atoms with Gasteiger partial charge in [-0.05, 0) is 12.5 Å². The van der Waals surface area contributed by atoms with Gasteiger partial charge in [0.25, 0.3) is 0 Å². The van der Waals surface area contributed by atoms with Crippen molar-refractivity contribution in [2.45, 2.75) is 45.6 Å². The summed E-state index contributed by atoms with van der Waals surface area (Å²) in [7, 11) is 0. The highest BCUT2D eigenvalue weighted by Gasteiger charge is 2.34. The zero-order valence-corrected chi connectivity index (χ0v) is 14.2. The highest BCUT2D eigenvalue weighted by Crippen LogP contribution is 2.39. The number of Topliss-reactive ketones (excluding diaryl/α,β-unsaturated/α-hetero) is 1. The van der Waals surface area contributed by atoms with Gasteiger partial charge in [0, 0.05) is 47.1 Å². The number of aryl methyl sites for hydroxylation is 1. The van der Waals surface area contributed by atoms with E-state index >= 15 is 0 Å². The van der Waals surface area contributed by atoms with Crippen molar-refractivity contribution in [1.82, 2.24) is 4.57 Å². The maximum Gasteiger partial charge on any atom is 0.198 e. The molecule has 1 aliphatic rings. The van der Waals surface area contributed by atoms with E-state index in [9.17, 15) is 15.0 Å². The fraction of sp³-hybridized carbons (Fsp3) is 0.450. The maximum absolute atomic E-state index is 11.9. The quantitative estimate of drug-likeness (QED) is 0.754. The van der Waals surface area contributed by atoms with E-state index in [1.807, 2.05) is 24.4 Å². The Balaban J connectivity index is 2.01. The molecule has 2 aromatic rings. The minimum Gasteiger partial charge on any atom is -0.504 e. The number of ketones is 1. The molecule has 0 spiro atoms. The first-order valence-electron chi connectivity index (χ1n) is 8.82. The lowest BCUT2D eigenvalue weighted by Crippen LogP contribution is -2.05. The Morgan fingerprint density at radius 3 is 2.75 bits per heavy atom. The average Bonchev–Trinajstić information content (AvgIpc) is 3.10. The van der Waals surface area contributed by atoms with Gasteiger partial charge >= 0.3 is 0 Å². The fourth-order valence-electron chi connectivity index (χ4n) is 3.62. The van der Waals surface area contributed by atoms with Crippen molar-refractivity contribution in [2.75, 3.05) is 6.61 Å². The average molecular weight is 327 g/mol. The number of hydrogen-bond acceptors (Lipinski definition) is 3. The van der Waals surface area contributed by atoms with Gasteiger partial charge in [0.1, 0.15) is 0 Å². The van der Waals surface area contributed by atoms with Gasteiger partial charge in [0.05, 0.1) is 6.61 Å².